The Morgan fingerprint density at radius 1 is 1.42 bits per heavy atom. The lowest BCUT2D eigenvalue weighted by Crippen LogP contribution is -1.92. The van der Waals surface area contributed by atoms with Crippen molar-refractivity contribution in [3.05, 3.63) is 42.0 Å². The zero-order valence-electron chi connectivity index (χ0n) is 7.41. The molecule has 2 heteroatoms. The molecular formula is C10H12N2. The maximum atomic E-state index is 4.28. The molecule has 1 heterocycles. The maximum Gasteiger partial charge on any atom is 0.0842 e. The Bertz CT molecular complexity index is 314. The molecule has 1 aromatic heterocycles. The highest BCUT2D eigenvalue weighted by atomic mass is 14.8. The summed E-state index contributed by atoms with van der Waals surface area (Å²) in [6.45, 7) is 7.47. The standard InChI is InChI=1S/C10H12N2/c1-4-5-6-10-9(3)12-8(2)7-11-10/h4-7H,1H2,2-3H3/b6-5-. The number of hydrogen-bond acceptors (Lipinski definition) is 2. The van der Waals surface area contributed by atoms with E-state index in [1.54, 1.807) is 12.3 Å². The topological polar surface area (TPSA) is 25.8 Å². The summed E-state index contributed by atoms with van der Waals surface area (Å²) in [5.41, 5.74) is 2.80. The average Bonchev–Trinajstić information content (AvgIpc) is 2.03. The number of aryl methyl sites for hydroxylation is 2. The van der Waals surface area contributed by atoms with Crippen LogP contribution in [0.3, 0.4) is 0 Å². The fourth-order valence-corrected chi connectivity index (χ4v) is 0.930. The molecule has 0 aromatic carbocycles. The first-order valence-corrected chi connectivity index (χ1v) is 3.83. The Kier molecular flexibility index (Phi) is 2.75. The van der Waals surface area contributed by atoms with E-state index in [1.165, 1.54) is 0 Å². The van der Waals surface area contributed by atoms with Crippen molar-refractivity contribution in [2.45, 2.75) is 13.8 Å². The number of rotatable bonds is 2. The Morgan fingerprint density at radius 3 is 2.75 bits per heavy atom. The smallest absolute Gasteiger partial charge is 0.0842 e. The van der Waals surface area contributed by atoms with Crippen LogP contribution in [0.5, 0.6) is 0 Å². The van der Waals surface area contributed by atoms with Gasteiger partial charge in [-0.1, -0.05) is 18.7 Å². The monoisotopic (exact) mass is 160 g/mol. The zero-order valence-corrected chi connectivity index (χ0v) is 7.41. The molecule has 0 saturated heterocycles. The molecular weight excluding hydrogens is 148 g/mol. The van der Waals surface area contributed by atoms with Crippen molar-refractivity contribution in [2.24, 2.45) is 0 Å². The van der Waals surface area contributed by atoms with Gasteiger partial charge in [0.1, 0.15) is 0 Å². The van der Waals surface area contributed by atoms with Gasteiger partial charge < -0.3 is 0 Å². The van der Waals surface area contributed by atoms with Crippen LogP contribution >= 0.6 is 0 Å². The third-order valence-corrected chi connectivity index (χ3v) is 1.50. The van der Waals surface area contributed by atoms with E-state index in [-0.39, 0.29) is 0 Å². The number of allylic oxidation sites excluding steroid dienone is 2. The fraction of sp³-hybridized carbons (Fsp3) is 0.200. The van der Waals surface area contributed by atoms with E-state index in [1.807, 2.05) is 26.0 Å². The van der Waals surface area contributed by atoms with Crippen LogP contribution in [0.25, 0.3) is 6.08 Å². The van der Waals surface area contributed by atoms with Crippen molar-refractivity contribution >= 4 is 6.08 Å². The molecule has 1 aromatic rings. The van der Waals surface area contributed by atoms with Crippen LogP contribution < -0.4 is 0 Å². The minimum absolute atomic E-state index is 0.903. The minimum atomic E-state index is 0.903. The van der Waals surface area contributed by atoms with Gasteiger partial charge in [-0.25, -0.2) is 0 Å². The first-order valence-electron chi connectivity index (χ1n) is 3.83. The van der Waals surface area contributed by atoms with Crippen LogP contribution in [-0.4, -0.2) is 9.97 Å². The van der Waals surface area contributed by atoms with Crippen LogP contribution in [0.2, 0.25) is 0 Å². The summed E-state index contributed by atoms with van der Waals surface area (Å²) in [7, 11) is 0. The first kappa shape index (κ1) is 8.65. The summed E-state index contributed by atoms with van der Waals surface area (Å²) in [6, 6.07) is 0. The second kappa shape index (κ2) is 3.81. The van der Waals surface area contributed by atoms with E-state index >= 15 is 0 Å². The van der Waals surface area contributed by atoms with Crippen molar-refractivity contribution in [3.63, 3.8) is 0 Å². The van der Waals surface area contributed by atoms with Crippen LogP contribution in [0.4, 0.5) is 0 Å². The van der Waals surface area contributed by atoms with E-state index in [0.29, 0.717) is 0 Å². The Labute approximate surface area is 72.7 Å². The summed E-state index contributed by atoms with van der Waals surface area (Å²) in [5, 5.41) is 0. The molecule has 0 atom stereocenters. The number of nitrogens with zero attached hydrogens (tertiary/aromatic N) is 2. The van der Waals surface area contributed by atoms with Crippen LogP contribution in [-0.2, 0) is 0 Å². The second-order valence-electron chi connectivity index (χ2n) is 2.58. The van der Waals surface area contributed by atoms with Crippen molar-refractivity contribution in [1.82, 2.24) is 9.97 Å². The molecule has 0 fully saturated rings. The van der Waals surface area contributed by atoms with Crippen molar-refractivity contribution < 1.29 is 0 Å². The molecule has 0 N–H and O–H groups in total. The van der Waals surface area contributed by atoms with Gasteiger partial charge in [-0.3, -0.25) is 9.97 Å². The lowest BCUT2D eigenvalue weighted by Gasteiger charge is -1.98. The molecule has 1 rings (SSSR count). The molecule has 0 aliphatic carbocycles. The van der Waals surface area contributed by atoms with E-state index in [2.05, 4.69) is 16.5 Å². The van der Waals surface area contributed by atoms with E-state index in [4.69, 9.17) is 0 Å². The first-order chi connectivity index (χ1) is 5.74. The van der Waals surface area contributed by atoms with Crippen molar-refractivity contribution in [3.8, 4) is 0 Å². The van der Waals surface area contributed by atoms with E-state index in [9.17, 15) is 0 Å². The third-order valence-electron chi connectivity index (χ3n) is 1.50. The highest BCUT2D eigenvalue weighted by molar-refractivity contribution is 5.48. The van der Waals surface area contributed by atoms with Gasteiger partial charge in [-0.05, 0) is 19.9 Å². The van der Waals surface area contributed by atoms with Crippen LogP contribution in [0.15, 0.2) is 24.9 Å². The molecule has 0 radical (unpaired) electrons. The van der Waals surface area contributed by atoms with Gasteiger partial charge >= 0.3 is 0 Å². The Morgan fingerprint density at radius 2 is 2.17 bits per heavy atom. The zero-order chi connectivity index (χ0) is 8.97. The third kappa shape index (κ3) is 2.02. The maximum absolute atomic E-state index is 4.28. The molecule has 12 heavy (non-hydrogen) atoms. The fourth-order valence-electron chi connectivity index (χ4n) is 0.930. The molecule has 0 aliphatic rings. The molecule has 2 nitrogen and oxygen atoms in total. The van der Waals surface area contributed by atoms with Gasteiger partial charge in [-0.15, -0.1) is 0 Å². The molecule has 0 amide bonds. The Hall–Kier alpha value is -1.44. The van der Waals surface area contributed by atoms with Gasteiger partial charge in [0.15, 0.2) is 0 Å². The predicted molar refractivity (Wildman–Crippen MR) is 50.7 cm³/mol. The van der Waals surface area contributed by atoms with Crippen molar-refractivity contribution in [2.75, 3.05) is 0 Å². The lowest BCUT2D eigenvalue weighted by molar-refractivity contribution is 1.04. The molecule has 0 spiro atoms. The average molecular weight is 160 g/mol. The molecule has 0 unspecified atom stereocenters. The molecule has 62 valence electrons. The normalized spacial score (nSPS) is 10.5. The highest BCUT2D eigenvalue weighted by Gasteiger charge is 1.95. The molecule has 0 bridgehead atoms. The highest BCUT2D eigenvalue weighted by Crippen LogP contribution is 2.03. The number of aromatic nitrogens is 2. The van der Waals surface area contributed by atoms with E-state index in [0.717, 1.165) is 17.1 Å². The Balaban J connectivity index is 3.01. The van der Waals surface area contributed by atoms with Gasteiger partial charge in [-0.2, -0.15) is 0 Å². The number of hydrogen-bond donors (Lipinski definition) is 0. The van der Waals surface area contributed by atoms with Crippen LogP contribution in [0.1, 0.15) is 17.1 Å². The quantitative estimate of drug-likeness (QED) is 0.620. The van der Waals surface area contributed by atoms with Gasteiger partial charge in [0.05, 0.1) is 17.1 Å². The summed E-state index contributed by atoms with van der Waals surface area (Å²) >= 11 is 0. The van der Waals surface area contributed by atoms with E-state index < -0.39 is 0 Å². The summed E-state index contributed by atoms with van der Waals surface area (Å²) < 4.78 is 0. The minimum Gasteiger partial charge on any atom is -0.255 e. The van der Waals surface area contributed by atoms with Crippen LogP contribution in [0, 0.1) is 13.8 Å². The van der Waals surface area contributed by atoms with Gasteiger partial charge in [0.25, 0.3) is 0 Å². The van der Waals surface area contributed by atoms with Crippen molar-refractivity contribution in [1.29, 1.82) is 0 Å². The van der Waals surface area contributed by atoms with Gasteiger partial charge in [0, 0.05) is 6.20 Å². The summed E-state index contributed by atoms with van der Waals surface area (Å²) in [5.74, 6) is 0. The molecule has 0 saturated carbocycles. The second-order valence-corrected chi connectivity index (χ2v) is 2.58. The SMILES string of the molecule is C=C/C=C\c1ncc(C)nc1C. The lowest BCUT2D eigenvalue weighted by atomic mass is 10.3. The summed E-state index contributed by atoms with van der Waals surface area (Å²) in [4.78, 5) is 8.50. The summed E-state index contributed by atoms with van der Waals surface area (Å²) in [6.07, 6.45) is 7.23. The predicted octanol–water partition coefficient (Wildman–Crippen LogP) is 2.29. The van der Waals surface area contributed by atoms with Gasteiger partial charge in [0.2, 0.25) is 0 Å². The molecule has 0 aliphatic heterocycles. The largest absolute Gasteiger partial charge is 0.255 e.